The van der Waals surface area contributed by atoms with Gasteiger partial charge in [0.05, 0.1) is 26.4 Å². The molecule has 1 aliphatic rings. The first-order chi connectivity index (χ1) is 14.9. The predicted molar refractivity (Wildman–Crippen MR) is 114 cm³/mol. The molecule has 2 aromatic rings. The van der Waals surface area contributed by atoms with Gasteiger partial charge < -0.3 is 34.3 Å². The van der Waals surface area contributed by atoms with Crippen molar-refractivity contribution in [1.29, 1.82) is 0 Å². The molecule has 7 heteroatoms. The minimum absolute atomic E-state index is 0.208. The Bertz CT molecular complexity index is 768. The summed E-state index contributed by atoms with van der Waals surface area (Å²) in [7, 11) is 0. The van der Waals surface area contributed by atoms with Gasteiger partial charge in [0.25, 0.3) is 0 Å². The van der Waals surface area contributed by atoms with Gasteiger partial charge in [-0.2, -0.15) is 0 Å². The van der Waals surface area contributed by atoms with Crippen LogP contribution in [0.15, 0.2) is 60.7 Å². The molecule has 31 heavy (non-hydrogen) atoms. The van der Waals surface area contributed by atoms with E-state index in [9.17, 15) is 15.3 Å². The minimum Gasteiger partial charge on any atom is -0.394 e. The van der Waals surface area contributed by atoms with Gasteiger partial charge in [-0.1, -0.05) is 60.7 Å². The quantitative estimate of drug-likeness (QED) is 0.528. The Morgan fingerprint density at radius 2 is 1.48 bits per heavy atom. The van der Waals surface area contributed by atoms with Crippen LogP contribution in [-0.4, -0.2) is 64.8 Å². The van der Waals surface area contributed by atoms with Crippen molar-refractivity contribution < 1.29 is 34.3 Å². The Kier molecular flexibility index (Phi) is 8.57. The van der Waals surface area contributed by atoms with Gasteiger partial charge in [-0.15, -0.1) is 0 Å². The fourth-order valence-corrected chi connectivity index (χ4v) is 3.62. The van der Waals surface area contributed by atoms with Crippen LogP contribution < -0.4 is 0 Å². The van der Waals surface area contributed by atoms with Crippen LogP contribution in [0.1, 0.15) is 25.0 Å². The summed E-state index contributed by atoms with van der Waals surface area (Å²) in [5.41, 5.74) is 1.98. The highest BCUT2D eigenvalue weighted by Gasteiger charge is 2.48. The largest absolute Gasteiger partial charge is 0.394 e. The van der Waals surface area contributed by atoms with Crippen LogP contribution in [-0.2, 0) is 32.2 Å². The van der Waals surface area contributed by atoms with Gasteiger partial charge >= 0.3 is 0 Å². The molecule has 1 aliphatic heterocycles. The summed E-state index contributed by atoms with van der Waals surface area (Å²) in [6, 6.07) is 19.4. The summed E-state index contributed by atoms with van der Waals surface area (Å²) < 4.78 is 24.0. The molecule has 7 nitrogen and oxygen atoms in total. The lowest BCUT2D eigenvalue weighted by molar-refractivity contribution is -0.361. The first-order valence-corrected chi connectivity index (χ1v) is 10.5. The molecule has 3 rings (SSSR count). The van der Waals surface area contributed by atoms with Crippen LogP contribution in [0, 0.1) is 0 Å². The van der Waals surface area contributed by atoms with Gasteiger partial charge in [0.15, 0.2) is 5.79 Å². The third-order valence-electron chi connectivity index (χ3n) is 5.14. The first-order valence-electron chi connectivity index (χ1n) is 10.5. The Morgan fingerprint density at radius 3 is 2.06 bits per heavy atom. The summed E-state index contributed by atoms with van der Waals surface area (Å²) in [4.78, 5) is 0. The van der Waals surface area contributed by atoms with E-state index in [1.165, 1.54) is 0 Å². The van der Waals surface area contributed by atoms with E-state index < -0.39 is 42.9 Å². The van der Waals surface area contributed by atoms with Crippen molar-refractivity contribution in [2.24, 2.45) is 0 Å². The van der Waals surface area contributed by atoms with Crippen molar-refractivity contribution in [2.75, 3.05) is 13.2 Å². The van der Waals surface area contributed by atoms with E-state index in [2.05, 4.69) is 0 Å². The summed E-state index contributed by atoms with van der Waals surface area (Å²) in [5.74, 6) is -1.03. The number of ether oxygens (including phenoxy) is 4. The lowest BCUT2D eigenvalue weighted by Crippen LogP contribution is -2.62. The maximum atomic E-state index is 10.7. The normalized spacial score (nSPS) is 25.1. The predicted octanol–water partition coefficient (Wildman–Crippen LogP) is 2.02. The smallest absolute Gasteiger partial charge is 0.164 e. The lowest BCUT2D eigenvalue weighted by atomic mass is 9.96. The summed E-state index contributed by atoms with van der Waals surface area (Å²) in [6.07, 6.45) is -4.92. The van der Waals surface area contributed by atoms with Crippen molar-refractivity contribution in [3.05, 3.63) is 71.8 Å². The molecular weight excluding hydrogens is 400 g/mol. The van der Waals surface area contributed by atoms with E-state index in [1.807, 2.05) is 60.7 Å². The maximum Gasteiger partial charge on any atom is 0.164 e. The Balaban J connectivity index is 1.75. The molecule has 1 heterocycles. The number of aliphatic hydroxyl groups excluding tert-OH is 3. The zero-order chi connectivity index (χ0) is 22.3. The average molecular weight is 433 g/mol. The molecule has 1 saturated heterocycles. The molecule has 0 radical (unpaired) electrons. The van der Waals surface area contributed by atoms with Crippen LogP contribution in [0.25, 0.3) is 0 Å². The second-order valence-corrected chi connectivity index (χ2v) is 8.14. The Hall–Kier alpha value is -1.84. The molecule has 1 fully saturated rings. The summed E-state index contributed by atoms with van der Waals surface area (Å²) >= 11 is 0. The minimum atomic E-state index is -1.37. The maximum absolute atomic E-state index is 10.7. The molecule has 0 unspecified atom stereocenters. The molecule has 3 N–H and O–H groups in total. The van der Waals surface area contributed by atoms with E-state index >= 15 is 0 Å². The van der Waals surface area contributed by atoms with Crippen molar-refractivity contribution in [3.8, 4) is 0 Å². The summed E-state index contributed by atoms with van der Waals surface area (Å²) in [6.45, 7) is 3.75. The Labute approximate surface area is 183 Å². The van der Waals surface area contributed by atoms with Crippen LogP contribution in [0.5, 0.6) is 0 Å². The van der Waals surface area contributed by atoms with Crippen LogP contribution >= 0.6 is 0 Å². The van der Waals surface area contributed by atoms with Crippen molar-refractivity contribution in [2.45, 2.75) is 63.4 Å². The first kappa shape index (κ1) is 23.8. The van der Waals surface area contributed by atoms with Crippen molar-refractivity contribution in [3.63, 3.8) is 0 Å². The molecule has 0 bridgehead atoms. The number of hydrogen-bond donors (Lipinski definition) is 3. The highest BCUT2D eigenvalue weighted by atomic mass is 16.7. The van der Waals surface area contributed by atoms with E-state index in [0.717, 1.165) is 11.1 Å². The second kappa shape index (κ2) is 11.2. The standard InChI is InChI=1S/C24H32O7/c1-24(2)30-20(16-28-14-17-9-5-3-6-10-17)22(23(31-24)21(27)19(26)13-25)29-15-18-11-7-4-8-12-18/h3-12,19-23,25-27H,13-16H2,1-2H3/t19-,20-,21+,22-,23+/m1/s1. The van der Waals surface area contributed by atoms with Gasteiger partial charge in [0.2, 0.25) is 0 Å². The zero-order valence-electron chi connectivity index (χ0n) is 18.0. The van der Waals surface area contributed by atoms with Gasteiger partial charge in [-0.3, -0.25) is 0 Å². The van der Waals surface area contributed by atoms with Gasteiger partial charge in [-0.05, 0) is 25.0 Å². The second-order valence-electron chi connectivity index (χ2n) is 8.14. The SMILES string of the molecule is CC1(C)O[C@@H]([C@@H](O)[C@H](O)CO)[C@H](OCc2ccccc2)[C@@H](COCc2ccccc2)O1. The lowest BCUT2D eigenvalue weighted by Gasteiger charge is -2.47. The van der Waals surface area contributed by atoms with Gasteiger partial charge in [-0.25, -0.2) is 0 Å². The molecule has 170 valence electrons. The topological polar surface area (TPSA) is 97.6 Å². The Morgan fingerprint density at radius 1 is 0.903 bits per heavy atom. The fraction of sp³-hybridized carbons (Fsp3) is 0.500. The third kappa shape index (κ3) is 6.82. The van der Waals surface area contributed by atoms with E-state index in [1.54, 1.807) is 13.8 Å². The molecule has 0 saturated carbocycles. The molecule has 0 amide bonds. The molecule has 2 aromatic carbocycles. The van der Waals surface area contributed by atoms with E-state index in [4.69, 9.17) is 18.9 Å². The average Bonchev–Trinajstić information content (AvgIpc) is 2.78. The molecule has 0 aliphatic carbocycles. The molecular formula is C24H32O7. The zero-order valence-corrected chi connectivity index (χ0v) is 18.0. The number of benzene rings is 2. The molecule has 0 spiro atoms. The molecule has 0 aromatic heterocycles. The fourth-order valence-electron chi connectivity index (χ4n) is 3.62. The number of rotatable bonds is 10. The van der Waals surface area contributed by atoms with Gasteiger partial charge in [0.1, 0.15) is 30.5 Å². The number of aliphatic hydroxyl groups is 3. The van der Waals surface area contributed by atoms with Crippen molar-refractivity contribution >= 4 is 0 Å². The van der Waals surface area contributed by atoms with Crippen LogP contribution in [0.2, 0.25) is 0 Å². The van der Waals surface area contributed by atoms with Crippen molar-refractivity contribution in [1.82, 2.24) is 0 Å². The molecule has 5 atom stereocenters. The summed E-state index contributed by atoms with van der Waals surface area (Å²) in [5, 5.41) is 30.0. The third-order valence-corrected chi connectivity index (χ3v) is 5.14. The van der Waals surface area contributed by atoms with E-state index in [0.29, 0.717) is 6.61 Å². The van der Waals surface area contributed by atoms with Crippen LogP contribution in [0.3, 0.4) is 0 Å². The highest BCUT2D eigenvalue weighted by molar-refractivity contribution is 5.14. The van der Waals surface area contributed by atoms with Gasteiger partial charge in [0, 0.05) is 0 Å². The van der Waals surface area contributed by atoms with Crippen LogP contribution in [0.4, 0.5) is 0 Å². The number of hydrogen-bond acceptors (Lipinski definition) is 7. The monoisotopic (exact) mass is 432 g/mol. The van der Waals surface area contributed by atoms with E-state index in [-0.39, 0.29) is 13.2 Å². The highest BCUT2D eigenvalue weighted by Crippen LogP contribution is 2.32.